The Morgan fingerprint density at radius 3 is 2.45 bits per heavy atom. The molecule has 33 heavy (non-hydrogen) atoms. The van der Waals surface area contributed by atoms with E-state index in [2.05, 4.69) is 20.2 Å². The molecule has 2 heterocycles. The summed E-state index contributed by atoms with van der Waals surface area (Å²) in [6.45, 7) is 7.37. The lowest BCUT2D eigenvalue weighted by Crippen LogP contribution is -2.50. The summed E-state index contributed by atoms with van der Waals surface area (Å²) in [6, 6.07) is 5.70. The highest BCUT2D eigenvalue weighted by Crippen LogP contribution is 2.36. The maximum atomic E-state index is 12.3. The maximum absolute atomic E-state index is 12.3. The Morgan fingerprint density at radius 1 is 1.12 bits per heavy atom. The molecule has 4 rings (SSSR count). The minimum atomic E-state index is -0.439. The second kappa shape index (κ2) is 10.3. The molecule has 2 amide bonds. The van der Waals surface area contributed by atoms with Crippen LogP contribution in [0.2, 0.25) is 0 Å². The van der Waals surface area contributed by atoms with Gasteiger partial charge in [0.15, 0.2) is 0 Å². The van der Waals surface area contributed by atoms with Crippen LogP contribution in [0.3, 0.4) is 0 Å². The topological polar surface area (TPSA) is 108 Å². The molecule has 0 unspecified atom stereocenters. The van der Waals surface area contributed by atoms with Gasteiger partial charge in [-0.05, 0) is 44.9 Å². The van der Waals surface area contributed by atoms with Crippen molar-refractivity contribution >= 4 is 17.5 Å². The Hall–Kier alpha value is -3.04. The van der Waals surface area contributed by atoms with Crippen molar-refractivity contribution < 1.29 is 19.4 Å². The van der Waals surface area contributed by atoms with Crippen molar-refractivity contribution in [1.82, 2.24) is 19.8 Å². The number of hydrogen-bond acceptors (Lipinski definition) is 7. The largest absolute Gasteiger partial charge is 0.492 e. The van der Waals surface area contributed by atoms with Crippen LogP contribution in [0.1, 0.15) is 24.2 Å². The first-order valence-electron chi connectivity index (χ1n) is 11.4. The molecule has 9 nitrogen and oxygen atoms in total. The van der Waals surface area contributed by atoms with Gasteiger partial charge in [0.1, 0.15) is 25.3 Å². The van der Waals surface area contributed by atoms with Crippen LogP contribution in [-0.4, -0.2) is 82.6 Å². The summed E-state index contributed by atoms with van der Waals surface area (Å²) in [5, 5.41) is 12.0. The molecule has 0 bridgehead atoms. The van der Waals surface area contributed by atoms with Crippen molar-refractivity contribution in [2.45, 2.75) is 26.7 Å². The van der Waals surface area contributed by atoms with Crippen molar-refractivity contribution in [1.29, 1.82) is 0 Å². The van der Waals surface area contributed by atoms with Crippen LogP contribution in [0, 0.1) is 19.8 Å². The molecular formula is C24H31N5O4. The number of anilines is 1. The molecule has 0 spiro atoms. The number of amides is 2. The molecule has 1 saturated carbocycles. The first-order chi connectivity index (χ1) is 16.0. The van der Waals surface area contributed by atoms with Crippen LogP contribution in [0.5, 0.6) is 5.75 Å². The lowest BCUT2D eigenvalue weighted by atomic mass is 10.0. The van der Waals surface area contributed by atoms with Crippen LogP contribution < -0.4 is 10.1 Å². The molecule has 1 aliphatic heterocycles. The second-order valence-corrected chi connectivity index (χ2v) is 8.62. The van der Waals surface area contributed by atoms with Crippen molar-refractivity contribution in [2.24, 2.45) is 5.92 Å². The number of aliphatic hydroxyl groups excluding tert-OH is 1. The zero-order valence-corrected chi connectivity index (χ0v) is 19.2. The third kappa shape index (κ3) is 5.66. The number of rotatable bonds is 8. The number of aliphatic hydroxyl groups is 1. The highest BCUT2D eigenvalue weighted by molar-refractivity contribution is 5.95. The molecule has 1 saturated heterocycles. The van der Waals surface area contributed by atoms with Gasteiger partial charge in [0, 0.05) is 66.8 Å². The van der Waals surface area contributed by atoms with E-state index < -0.39 is 6.61 Å². The van der Waals surface area contributed by atoms with Crippen LogP contribution in [0.4, 0.5) is 5.69 Å². The first-order valence-corrected chi connectivity index (χ1v) is 11.4. The molecular weight excluding hydrogens is 422 g/mol. The fraction of sp³-hybridized carbons (Fsp3) is 0.500. The SMILES string of the molecule is Cc1ncnc(C)c1-c1cc(NC(=O)C2CC2)ccc1OCCN1CCN(C(=O)CO)CC1. The predicted molar refractivity (Wildman–Crippen MR) is 124 cm³/mol. The Morgan fingerprint density at radius 2 is 1.82 bits per heavy atom. The molecule has 0 radical (unpaired) electrons. The molecule has 2 aliphatic rings. The summed E-state index contributed by atoms with van der Waals surface area (Å²) < 4.78 is 6.19. The van der Waals surface area contributed by atoms with Gasteiger partial charge < -0.3 is 20.1 Å². The smallest absolute Gasteiger partial charge is 0.248 e. The number of aromatic nitrogens is 2. The minimum Gasteiger partial charge on any atom is -0.492 e. The zero-order chi connectivity index (χ0) is 23.4. The van der Waals surface area contributed by atoms with E-state index in [0.29, 0.717) is 19.7 Å². The fourth-order valence-electron chi connectivity index (χ4n) is 4.11. The average molecular weight is 454 g/mol. The third-order valence-electron chi connectivity index (χ3n) is 6.22. The number of aryl methyl sites for hydroxylation is 2. The van der Waals surface area contributed by atoms with Gasteiger partial charge in [-0.1, -0.05) is 0 Å². The standard InChI is InChI=1S/C24H31N5O4/c1-16-23(17(2)26-15-25-16)20-13-19(27-24(32)18-3-4-18)5-6-21(20)33-12-11-28-7-9-29(10-8-28)22(31)14-30/h5-6,13,15,18,30H,3-4,7-12,14H2,1-2H3,(H,27,32). The Labute approximate surface area is 193 Å². The van der Waals surface area contributed by atoms with Crippen molar-refractivity contribution in [3.05, 3.63) is 35.9 Å². The Bertz CT molecular complexity index is 996. The first kappa shape index (κ1) is 23.1. The van der Waals surface area contributed by atoms with E-state index in [9.17, 15) is 9.59 Å². The van der Waals surface area contributed by atoms with E-state index >= 15 is 0 Å². The Kier molecular flexibility index (Phi) is 7.20. The number of carbonyl (C=O) groups is 2. The highest BCUT2D eigenvalue weighted by Gasteiger charge is 2.29. The summed E-state index contributed by atoms with van der Waals surface area (Å²) >= 11 is 0. The normalized spacial score (nSPS) is 16.5. The van der Waals surface area contributed by atoms with E-state index in [1.165, 1.54) is 0 Å². The molecule has 176 valence electrons. The van der Waals surface area contributed by atoms with Gasteiger partial charge in [-0.15, -0.1) is 0 Å². The summed E-state index contributed by atoms with van der Waals surface area (Å²) in [6.07, 6.45) is 3.45. The number of ether oxygens (including phenoxy) is 1. The van der Waals surface area contributed by atoms with Crippen LogP contribution >= 0.6 is 0 Å². The van der Waals surface area contributed by atoms with Crippen molar-refractivity contribution in [2.75, 3.05) is 51.3 Å². The van der Waals surface area contributed by atoms with Gasteiger partial charge in [-0.2, -0.15) is 0 Å². The van der Waals surface area contributed by atoms with Gasteiger partial charge in [-0.25, -0.2) is 9.97 Å². The summed E-state index contributed by atoms with van der Waals surface area (Å²) in [5.41, 5.74) is 4.20. The molecule has 1 aromatic carbocycles. The summed E-state index contributed by atoms with van der Waals surface area (Å²) in [5.74, 6) is 0.682. The molecule has 1 aromatic heterocycles. The van der Waals surface area contributed by atoms with Crippen molar-refractivity contribution in [3.8, 4) is 16.9 Å². The summed E-state index contributed by atoms with van der Waals surface area (Å²) in [7, 11) is 0. The minimum absolute atomic E-state index is 0.0613. The van der Waals surface area contributed by atoms with Gasteiger partial charge in [0.05, 0.1) is 0 Å². The quantitative estimate of drug-likeness (QED) is 0.625. The maximum Gasteiger partial charge on any atom is 0.248 e. The van der Waals surface area contributed by atoms with Crippen LogP contribution in [0.15, 0.2) is 24.5 Å². The highest BCUT2D eigenvalue weighted by atomic mass is 16.5. The number of carbonyl (C=O) groups excluding carboxylic acids is 2. The number of hydrogen-bond donors (Lipinski definition) is 2. The molecule has 2 aromatic rings. The van der Waals surface area contributed by atoms with Gasteiger partial charge in [-0.3, -0.25) is 14.5 Å². The average Bonchev–Trinajstić information content (AvgIpc) is 3.66. The summed E-state index contributed by atoms with van der Waals surface area (Å²) in [4.78, 5) is 36.5. The molecule has 1 aliphatic carbocycles. The van der Waals surface area contributed by atoms with Crippen LogP contribution in [0.25, 0.3) is 11.1 Å². The predicted octanol–water partition coefficient (Wildman–Crippen LogP) is 1.62. The van der Waals surface area contributed by atoms with Crippen LogP contribution in [-0.2, 0) is 9.59 Å². The lowest BCUT2D eigenvalue weighted by Gasteiger charge is -2.34. The van der Waals surface area contributed by atoms with Gasteiger partial charge >= 0.3 is 0 Å². The van der Waals surface area contributed by atoms with E-state index in [-0.39, 0.29) is 17.7 Å². The fourth-order valence-corrected chi connectivity index (χ4v) is 4.11. The van der Waals surface area contributed by atoms with Gasteiger partial charge in [0.2, 0.25) is 11.8 Å². The monoisotopic (exact) mass is 453 g/mol. The molecule has 2 N–H and O–H groups in total. The van der Waals surface area contributed by atoms with E-state index in [0.717, 1.165) is 66.4 Å². The Balaban J connectivity index is 1.45. The van der Waals surface area contributed by atoms with E-state index in [1.807, 2.05) is 32.0 Å². The number of piperazine rings is 1. The van der Waals surface area contributed by atoms with E-state index in [4.69, 9.17) is 9.84 Å². The number of benzene rings is 1. The second-order valence-electron chi connectivity index (χ2n) is 8.62. The van der Waals surface area contributed by atoms with Gasteiger partial charge in [0.25, 0.3) is 0 Å². The number of nitrogens with one attached hydrogen (secondary N) is 1. The third-order valence-corrected chi connectivity index (χ3v) is 6.22. The molecule has 2 fully saturated rings. The lowest BCUT2D eigenvalue weighted by molar-refractivity contribution is -0.135. The zero-order valence-electron chi connectivity index (χ0n) is 19.2. The van der Waals surface area contributed by atoms with Crippen molar-refractivity contribution in [3.63, 3.8) is 0 Å². The van der Waals surface area contributed by atoms with E-state index in [1.54, 1.807) is 11.2 Å². The molecule has 9 heteroatoms. The molecule has 0 atom stereocenters. The number of nitrogens with zero attached hydrogens (tertiary/aromatic N) is 4.